The molecule has 1 aromatic carbocycles. The Kier molecular flexibility index (Phi) is 3.23. The maximum absolute atomic E-state index is 11.2. The number of hydrogen-bond acceptors (Lipinski definition) is 3. The third-order valence-electron chi connectivity index (χ3n) is 1.91. The first-order valence-electron chi connectivity index (χ1n) is 4.38. The molecule has 0 radical (unpaired) electrons. The monoisotopic (exact) mass is 204 g/mol. The molecule has 0 aliphatic carbocycles. The van der Waals surface area contributed by atoms with Crippen LogP contribution < -0.4 is 5.73 Å². The van der Waals surface area contributed by atoms with Crippen LogP contribution in [-0.2, 0) is 4.79 Å². The second-order valence-electron chi connectivity index (χ2n) is 3.06. The Morgan fingerprint density at radius 3 is 2.27 bits per heavy atom. The van der Waals surface area contributed by atoms with Crippen LogP contribution in [0.2, 0.25) is 0 Å². The Balaban J connectivity index is 3.29. The van der Waals surface area contributed by atoms with Crippen molar-refractivity contribution in [3.63, 3.8) is 0 Å². The lowest BCUT2D eigenvalue weighted by molar-refractivity contribution is -0.113. The molecule has 0 amide bonds. The SMILES string of the molecule is CC(=O)/C(C(=N)N)=C(/O)c1ccccc1. The average Bonchev–Trinajstić information content (AvgIpc) is 2.18. The van der Waals surface area contributed by atoms with E-state index in [1.807, 2.05) is 0 Å². The van der Waals surface area contributed by atoms with Crippen molar-refractivity contribution < 1.29 is 9.90 Å². The number of carbonyl (C=O) groups excluding carboxylic acids is 1. The minimum absolute atomic E-state index is 0.152. The van der Waals surface area contributed by atoms with Gasteiger partial charge in [-0.1, -0.05) is 30.3 Å². The smallest absolute Gasteiger partial charge is 0.167 e. The van der Waals surface area contributed by atoms with Crippen LogP contribution in [0.15, 0.2) is 35.9 Å². The molecule has 1 rings (SSSR count). The molecule has 0 spiro atoms. The molecule has 0 heterocycles. The Bertz CT molecular complexity index is 405. The summed E-state index contributed by atoms with van der Waals surface area (Å²) < 4.78 is 0. The second kappa shape index (κ2) is 4.41. The fourth-order valence-electron chi connectivity index (χ4n) is 1.22. The van der Waals surface area contributed by atoms with E-state index in [4.69, 9.17) is 11.1 Å². The Morgan fingerprint density at radius 2 is 1.87 bits per heavy atom. The van der Waals surface area contributed by atoms with Crippen LogP contribution in [0.25, 0.3) is 5.76 Å². The molecule has 4 heteroatoms. The fraction of sp³-hybridized carbons (Fsp3) is 0.0909. The first-order chi connectivity index (χ1) is 7.04. The summed E-state index contributed by atoms with van der Waals surface area (Å²) in [5, 5.41) is 17.0. The molecule has 0 atom stereocenters. The topological polar surface area (TPSA) is 87.2 Å². The molecule has 0 saturated carbocycles. The summed E-state index contributed by atoms with van der Waals surface area (Å²) in [7, 11) is 0. The van der Waals surface area contributed by atoms with E-state index in [9.17, 15) is 9.90 Å². The van der Waals surface area contributed by atoms with Gasteiger partial charge in [0.05, 0.1) is 0 Å². The van der Waals surface area contributed by atoms with E-state index in [1.54, 1.807) is 30.3 Å². The lowest BCUT2D eigenvalue weighted by atomic mass is 10.0. The molecule has 0 unspecified atom stereocenters. The number of hydrogen-bond donors (Lipinski definition) is 3. The van der Waals surface area contributed by atoms with Crippen molar-refractivity contribution in [2.75, 3.05) is 0 Å². The number of ketones is 1. The van der Waals surface area contributed by atoms with Gasteiger partial charge in [-0.05, 0) is 6.92 Å². The van der Waals surface area contributed by atoms with Crippen molar-refractivity contribution in [3.05, 3.63) is 41.5 Å². The van der Waals surface area contributed by atoms with Crippen LogP contribution in [0.5, 0.6) is 0 Å². The number of aliphatic hydroxyl groups excluding tert-OH is 1. The van der Waals surface area contributed by atoms with Gasteiger partial charge < -0.3 is 10.8 Å². The maximum atomic E-state index is 11.2. The summed E-state index contributed by atoms with van der Waals surface area (Å²) in [6, 6.07) is 8.52. The molecular weight excluding hydrogens is 192 g/mol. The van der Waals surface area contributed by atoms with Crippen molar-refractivity contribution >= 4 is 17.4 Å². The third-order valence-corrected chi connectivity index (χ3v) is 1.91. The highest BCUT2D eigenvalue weighted by atomic mass is 16.3. The van der Waals surface area contributed by atoms with Crippen molar-refractivity contribution in [3.8, 4) is 0 Å². The van der Waals surface area contributed by atoms with Gasteiger partial charge in [0.1, 0.15) is 17.2 Å². The number of amidine groups is 1. The quantitative estimate of drug-likeness (QED) is 0.301. The molecule has 4 nitrogen and oxygen atoms in total. The molecule has 0 fully saturated rings. The second-order valence-corrected chi connectivity index (χ2v) is 3.06. The van der Waals surface area contributed by atoms with Gasteiger partial charge in [0, 0.05) is 5.56 Å². The van der Waals surface area contributed by atoms with Gasteiger partial charge in [-0.3, -0.25) is 10.2 Å². The number of Topliss-reactive ketones (excluding diaryl/α,β-unsaturated/α-hetero) is 1. The van der Waals surface area contributed by atoms with Crippen LogP contribution in [-0.4, -0.2) is 16.7 Å². The fourth-order valence-corrected chi connectivity index (χ4v) is 1.22. The van der Waals surface area contributed by atoms with Gasteiger partial charge in [0.25, 0.3) is 0 Å². The highest BCUT2D eigenvalue weighted by molar-refractivity contribution is 6.23. The summed E-state index contributed by atoms with van der Waals surface area (Å²) in [6.07, 6.45) is 0. The zero-order valence-electron chi connectivity index (χ0n) is 8.32. The van der Waals surface area contributed by atoms with Crippen molar-refractivity contribution in [1.82, 2.24) is 0 Å². The van der Waals surface area contributed by atoms with E-state index in [1.165, 1.54) is 6.92 Å². The molecule has 0 aliphatic heterocycles. The van der Waals surface area contributed by atoms with E-state index in [2.05, 4.69) is 0 Å². The molecule has 0 aliphatic rings. The third kappa shape index (κ3) is 2.43. The van der Waals surface area contributed by atoms with Gasteiger partial charge >= 0.3 is 0 Å². The summed E-state index contributed by atoms with van der Waals surface area (Å²) in [5.41, 5.74) is 5.54. The number of carbonyl (C=O) groups is 1. The van der Waals surface area contributed by atoms with Crippen LogP contribution in [0.3, 0.4) is 0 Å². The largest absolute Gasteiger partial charge is 0.506 e. The molecule has 1 aromatic rings. The summed E-state index contributed by atoms with van der Waals surface area (Å²) in [6.45, 7) is 1.26. The predicted octanol–water partition coefficient (Wildman–Crippen LogP) is 1.48. The lowest BCUT2D eigenvalue weighted by Crippen LogP contribution is -2.20. The first kappa shape index (κ1) is 11.0. The molecule has 4 N–H and O–H groups in total. The minimum atomic E-state index is -0.427. The molecule has 0 bridgehead atoms. The summed E-state index contributed by atoms with van der Waals surface area (Å²) in [5.74, 6) is -1.11. The van der Waals surface area contributed by atoms with Gasteiger partial charge in [-0.25, -0.2) is 0 Å². The van der Waals surface area contributed by atoms with E-state index >= 15 is 0 Å². The lowest BCUT2D eigenvalue weighted by Gasteiger charge is -2.06. The predicted molar refractivity (Wildman–Crippen MR) is 58.6 cm³/mol. The molecule has 15 heavy (non-hydrogen) atoms. The zero-order valence-corrected chi connectivity index (χ0v) is 8.32. The van der Waals surface area contributed by atoms with Gasteiger partial charge in [0.15, 0.2) is 5.78 Å². The number of aliphatic hydroxyl groups is 1. The number of rotatable bonds is 3. The van der Waals surface area contributed by atoms with Crippen LogP contribution in [0, 0.1) is 5.41 Å². The van der Waals surface area contributed by atoms with Crippen molar-refractivity contribution in [2.24, 2.45) is 5.73 Å². The Labute approximate surface area is 87.5 Å². The highest BCUT2D eigenvalue weighted by Gasteiger charge is 2.15. The summed E-state index contributed by atoms with van der Waals surface area (Å²) in [4.78, 5) is 11.2. The van der Waals surface area contributed by atoms with E-state index in [-0.39, 0.29) is 11.3 Å². The number of nitrogens with two attached hydrogens (primary N) is 1. The number of nitrogens with one attached hydrogen (secondary N) is 1. The van der Waals surface area contributed by atoms with E-state index < -0.39 is 11.6 Å². The molecule has 0 aromatic heterocycles. The zero-order chi connectivity index (χ0) is 11.4. The molecular formula is C11H12N2O2. The standard InChI is InChI=1S/C11H12N2O2/c1-7(14)9(11(12)13)10(15)8-5-3-2-4-6-8/h2-6,15H,1H3,(H3,12,13)/b10-9-. The highest BCUT2D eigenvalue weighted by Crippen LogP contribution is 2.15. The van der Waals surface area contributed by atoms with E-state index in [0.29, 0.717) is 5.56 Å². The maximum Gasteiger partial charge on any atom is 0.167 e. The van der Waals surface area contributed by atoms with Crippen LogP contribution in [0.4, 0.5) is 0 Å². The molecule has 0 saturated heterocycles. The van der Waals surface area contributed by atoms with Gasteiger partial charge in [-0.15, -0.1) is 0 Å². The number of benzene rings is 1. The molecule has 78 valence electrons. The van der Waals surface area contributed by atoms with Gasteiger partial charge in [-0.2, -0.15) is 0 Å². The van der Waals surface area contributed by atoms with Crippen molar-refractivity contribution in [2.45, 2.75) is 6.92 Å². The first-order valence-corrected chi connectivity index (χ1v) is 4.38. The van der Waals surface area contributed by atoms with Gasteiger partial charge in [0.2, 0.25) is 0 Å². The Hall–Kier alpha value is -2.10. The van der Waals surface area contributed by atoms with Crippen molar-refractivity contribution in [1.29, 1.82) is 5.41 Å². The minimum Gasteiger partial charge on any atom is -0.506 e. The Morgan fingerprint density at radius 1 is 1.33 bits per heavy atom. The average molecular weight is 204 g/mol. The normalized spacial score (nSPS) is 11.8. The van der Waals surface area contributed by atoms with Crippen LogP contribution in [0.1, 0.15) is 12.5 Å². The summed E-state index contributed by atoms with van der Waals surface area (Å²) >= 11 is 0. The van der Waals surface area contributed by atoms with E-state index in [0.717, 1.165) is 0 Å². The van der Waals surface area contributed by atoms with Crippen LogP contribution >= 0.6 is 0 Å².